The van der Waals surface area contributed by atoms with Crippen LogP contribution in [0.2, 0.25) is 0 Å². The second-order valence-electron chi connectivity index (χ2n) is 6.88. The summed E-state index contributed by atoms with van der Waals surface area (Å²) in [6, 6.07) is 13.2. The third kappa shape index (κ3) is 9.11. The number of carbonyl (C=O) groups excluding carboxylic acids is 1. The molecule has 2 aromatic carbocycles. The lowest BCUT2D eigenvalue weighted by Crippen LogP contribution is -2.17. The SMILES string of the molecule is C/C=C(/C)c1ccc(OC=O)cc1OOC.CNC.Nc1ccc(N2CCCC2)cc1. The van der Waals surface area contributed by atoms with Gasteiger partial charge in [0, 0.05) is 36.1 Å². The number of benzene rings is 2. The quantitative estimate of drug-likeness (QED) is 0.307. The number of hydrogen-bond donors (Lipinski definition) is 2. The van der Waals surface area contributed by atoms with Gasteiger partial charge in [-0.05, 0) is 82.8 Å². The van der Waals surface area contributed by atoms with Crippen molar-refractivity contribution in [2.24, 2.45) is 0 Å². The molecule has 0 saturated carbocycles. The number of anilines is 2. The summed E-state index contributed by atoms with van der Waals surface area (Å²) in [6.45, 7) is 6.65. The molecular weight excluding hydrogens is 394 g/mol. The van der Waals surface area contributed by atoms with E-state index in [1.807, 2.05) is 52.2 Å². The molecule has 3 rings (SSSR count). The van der Waals surface area contributed by atoms with Gasteiger partial charge in [0.1, 0.15) is 5.75 Å². The molecule has 1 aliphatic rings. The molecule has 0 aliphatic carbocycles. The van der Waals surface area contributed by atoms with Gasteiger partial charge in [0.15, 0.2) is 5.75 Å². The van der Waals surface area contributed by atoms with Crippen LogP contribution >= 0.6 is 0 Å². The van der Waals surface area contributed by atoms with Crippen molar-refractivity contribution in [2.45, 2.75) is 26.7 Å². The Balaban J connectivity index is 0.000000282. The number of nitrogens with two attached hydrogens (primary N) is 1. The minimum absolute atomic E-state index is 0.369. The Bertz CT molecular complexity index is 801. The van der Waals surface area contributed by atoms with Crippen molar-refractivity contribution in [3.05, 3.63) is 54.1 Å². The Morgan fingerprint density at radius 3 is 2.23 bits per heavy atom. The minimum Gasteiger partial charge on any atom is -0.429 e. The van der Waals surface area contributed by atoms with Gasteiger partial charge in [-0.15, -0.1) is 0 Å². The molecule has 1 saturated heterocycles. The first-order valence-corrected chi connectivity index (χ1v) is 10.3. The molecule has 3 N–H and O–H groups in total. The highest BCUT2D eigenvalue weighted by atomic mass is 17.2. The number of nitrogen functional groups attached to an aromatic ring is 1. The Morgan fingerprint density at radius 1 is 1.10 bits per heavy atom. The predicted molar refractivity (Wildman–Crippen MR) is 127 cm³/mol. The zero-order chi connectivity index (χ0) is 23.1. The topological polar surface area (TPSA) is 86.0 Å². The van der Waals surface area contributed by atoms with Crippen LogP contribution in [0, 0.1) is 0 Å². The van der Waals surface area contributed by atoms with Crippen LogP contribution in [0.3, 0.4) is 0 Å². The molecule has 7 heteroatoms. The van der Waals surface area contributed by atoms with Crippen LogP contribution in [-0.4, -0.2) is 40.8 Å². The first-order chi connectivity index (χ1) is 15.0. The van der Waals surface area contributed by atoms with Crippen molar-refractivity contribution in [1.29, 1.82) is 0 Å². The fourth-order valence-corrected chi connectivity index (χ4v) is 2.93. The van der Waals surface area contributed by atoms with E-state index in [1.165, 1.54) is 38.7 Å². The molecule has 1 fully saturated rings. The Labute approximate surface area is 185 Å². The molecule has 0 aromatic heterocycles. The number of allylic oxidation sites excluding steroid dienone is 2. The third-order valence-corrected chi connectivity index (χ3v) is 4.53. The maximum absolute atomic E-state index is 10.2. The third-order valence-electron chi connectivity index (χ3n) is 4.53. The van der Waals surface area contributed by atoms with E-state index in [0.717, 1.165) is 16.8 Å². The lowest BCUT2D eigenvalue weighted by atomic mass is 10.1. The van der Waals surface area contributed by atoms with E-state index in [4.69, 9.17) is 15.4 Å². The Hall–Kier alpha value is -3.03. The Morgan fingerprint density at radius 2 is 1.71 bits per heavy atom. The molecule has 170 valence electrons. The molecule has 7 nitrogen and oxygen atoms in total. The zero-order valence-corrected chi connectivity index (χ0v) is 19.2. The van der Waals surface area contributed by atoms with Crippen LogP contribution in [0.15, 0.2) is 48.5 Å². The molecule has 1 aliphatic heterocycles. The van der Waals surface area contributed by atoms with Crippen molar-refractivity contribution in [3.8, 4) is 11.5 Å². The maximum Gasteiger partial charge on any atom is 0.298 e. The van der Waals surface area contributed by atoms with Crippen LogP contribution in [0.4, 0.5) is 11.4 Å². The van der Waals surface area contributed by atoms with Crippen LogP contribution in [0.5, 0.6) is 11.5 Å². The molecule has 2 aromatic rings. The first kappa shape index (κ1) is 26.0. The van der Waals surface area contributed by atoms with Gasteiger partial charge in [-0.25, -0.2) is 0 Å². The average molecular weight is 430 g/mol. The van der Waals surface area contributed by atoms with Gasteiger partial charge in [0.2, 0.25) is 0 Å². The van der Waals surface area contributed by atoms with Crippen LogP contribution in [-0.2, 0) is 9.68 Å². The molecular formula is C24H35N3O4. The molecule has 0 radical (unpaired) electrons. The minimum atomic E-state index is 0.369. The second kappa shape index (κ2) is 14.9. The largest absolute Gasteiger partial charge is 0.429 e. The number of nitrogens with zero attached hydrogens (tertiary/aromatic N) is 1. The summed E-state index contributed by atoms with van der Waals surface area (Å²) in [4.78, 5) is 22.3. The van der Waals surface area contributed by atoms with E-state index in [1.54, 1.807) is 12.1 Å². The maximum atomic E-state index is 10.2. The number of ether oxygens (including phenoxy) is 1. The molecule has 0 amide bonds. The summed E-state index contributed by atoms with van der Waals surface area (Å²) in [6.07, 6.45) is 4.60. The first-order valence-electron chi connectivity index (χ1n) is 10.3. The van der Waals surface area contributed by atoms with Gasteiger partial charge in [-0.3, -0.25) is 4.79 Å². The lowest BCUT2D eigenvalue weighted by Gasteiger charge is -2.17. The molecule has 0 bridgehead atoms. The van der Waals surface area contributed by atoms with Crippen molar-refractivity contribution < 1.29 is 19.3 Å². The van der Waals surface area contributed by atoms with E-state index in [9.17, 15) is 4.79 Å². The van der Waals surface area contributed by atoms with Gasteiger partial charge in [-0.1, -0.05) is 6.08 Å². The average Bonchev–Trinajstić information content (AvgIpc) is 3.30. The van der Waals surface area contributed by atoms with Crippen LogP contribution < -0.4 is 25.6 Å². The van der Waals surface area contributed by atoms with E-state index in [2.05, 4.69) is 27.2 Å². The number of rotatable bonds is 6. The van der Waals surface area contributed by atoms with Gasteiger partial charge >= 0.3 is 0 Å². The van der Waals surface area contributed by atoms with Crippen LogP contribution in [0.1, 0.15) is 32.3 Å². The molecule has 1 heterocycles. The monoisotopic (exact) mass is 429 g/mol. The van der Waals surface area contributed by atoms with Gasteiger partial charge in [0.25, 0.3) is 6.47 Å². The summed E-state index contributed by atoms with van der Waals surface area (Å²) >= 11 is 0. The van der Waals surface area contributed by atoms with Gasteiger partial charge < -0.3 is 25.6 Å². The van der Waals surface area contributed by atoms with E-state index in [-0.39, 0.29) is 0 Å². The highest BCUT2D eigenvalue weighted by molar-refractivity contribution is 5.70. The standard InChI is InChI=1S/C12H14O4.C10H14N2.C2H7N/c1-4-9(2)11-6-5-10(15-8-13)7-12(11)16-14-3;11-9-3-5-10(6-4-9)12-7-1-2-8-12;1-3-2/h4-8H,1-3H3;3-6H,1-2,7-8,11H2;3H,1-2H3/b9-4-;;. The van der Waals surface area contributed by atoms with Crippen LogP contribution in [0.25, 0.3) is 5.57 Å². The fraction of sp³-hybridized carbons (Fsp3) is 0.375. The number of nitrogens with one attached hydrogen (secondary N) is 1. The predicted octanol–water partition coefficient (Wildman–Crippen LogP) is 4.29. The molecule has 31 heavy (non-hydrogen) atoms. The van der Waals surface area contributed by atoms with Crippen molar-refractivity contribution in [2.75, 3.05) is 44.9 Å². The summed E-state index contributed by atoms with van der Waals surface area (Å²) in [7, 11) is 5.17. The Kier molecular flexibility index (Phi) is 12.5. The summed E-state index contributed by atoms with van der Waals surface area (Å²) in [5.74, 6) is 0.923. The number of hydrogen-bond acceptors (Lipinski definition) is 7. The summed E-state index contributed by atoms with van der Waals surface area (Å²) in [5.41, 5.74) is 9.70. The highest BCUT2D eigenvalue weighted by Gasteiger charge is 2.11. The highest BCUT2D eigenvalue weighted by Crippen LogP contribution is 2.30. The smallest absolute Gasteiger partial charge is 0.298 e. The van der Waals surface area contributed by atoms with Gasteiger partial charge in [-0.2, -0.15) is 4.89 Å². The normalized spacial score (nSPS) is 12.8. The zero-order valence-electron chi connectivity index (χ0n) is 19.2. The van der Waals surface area contributed by atoms with E-state index < -0.39 is 0 Å². The van der Waals surface area contributed by atoms with Gasteiger partial charge in [0.05, 0.1) is 7.11 Å². The lowest BCUT2D eigenvalue weighted by molar-refractivity contribution is -0.178. The summed E-state index contributed by atoms with van der Waals surface area (Å²) in [5, 5.41) is 2.75. The molecule has 0 unspecified atom stereocenters. The second-order valence-corrected chi connectivity index (χ2v) is 6.88. The summed E-state index contributed by atoms with van der Waals surface area (Å²) < 4.78 is 4.73. The van der Waals surface area contributed by atoms with Crippen molar-refractivity contribution in [1.82, 2.24) is 5.32 Å². The van der Waals surface area contributed by atoms with E-state index >= 15 is 0 Å². The molecule has 0 spiro atoms. The molecule has 0 atom stereocenters. The van der Waals surface area contributed by atoms with Crippen molar-refractivity contribution >= 4 is 23.4 Å². The fourth-order valence-electron chi connectivity index (χ4n) is 2.93. The number of carbonyl (C=O) groups is 1. The van der Waals surface area contributed by atoms with E-state index in [0.29, 0.717) is 18.0 Å². The van der Waals surface area contributed by atoms with Crippen molar-refractivity contribution in [3.63, 3.8) is 0 Å².